The lowest BCUT2D eigenvalue weighted by atomic mass is 10.1. The van der Waals surface area contributed by atoms with Crippen LogP contribution in [-0.2, 0) is 4.79 Å². The monoisotopic (exact) mass is 381 g/mol. The van der Waals surface area contributed by atoms with Crippen LogP contribution < -0.4 is 14.8 Å². The van der Waals surface area contributed by atoms with Gasteiger partial charge in [-0.3, -0.25) is 4.79 Å². The number of benzene rings is 2. The summed E-state index contributed by atoms with van der Waals surface area (Å²) >= 11 is 0. The van der Waals surface area contributed by atoms with Gasteiger partial charge >= 0.3 is 0 Å². The average Bonchev–Trinajstić information content (AvgIpc) is 3.16. The number of ether oxygens (including phenoxy) is 2. The van der Waals surface area contributed by atoms with Crippen LogP contribution in [0.2, 0.25) is 0 Å². The average molecular weight is 381 g/mol. The molecule has 1 heterocycles. The molecule has 3 aromatic rings. The van der Waals surface area contributed by atoms with Crippen molar-refractivity contribution in [3.8, 4) is 34.3 Å². The van der Waals surface area contributed by atoms with Gasteiger partial charge in [-0.1, -0.05) is 23.4 Å². The molecule has 0 radical (unpaired) electrons. The molecule has 146 valence electrons. The second kappa shape index (κ2) is 8.56. The third kappa shape index (κ3) is 4.49. The van der Waals surface area contributed by atoms with Crippen LogP contribution in [0.1, 0.15) is 19.4 Å². The molecule has 0 aliphatic carbocycles. The number of rotatable bonds is 7. The normalized spacial score (nSPS) is 10.8. The summed E-state index contributed by atoms with van der Waals surface area (Å²) < 4.78 is 16.4. The number of carbonyl (C=O) groups excluding carboxylic acids is 1. The quantitative estimate of drug-likeness (QED) is 0.673. The molecule has 0 saturated carbocycles. The molecule has 0 unspecified atom stereocenters. The molecule has 3 rings (SSSR count). The van der Waals surface area contributed by atoms with E-state index >= 15 is 0 Å². The molecule has 0 aliphatic rings. The van der Waals surface area contributed by atoms with E-state index < -0.39 is 0 Å². The zero-order valence-corrected chi connectivity index (χ0v) is 16.4. The molecule has 0 bridgehead atoms. The lowest BCUT2D eigenvalue weighted by Gasteiger charge is -2.12. The lowest BCUT2D eigenvalue weighted by Crippen LogP contribution is -2.34. The Balaban J connectivity index is 1.79. The van der Waals surface area contributed by atoms with E-state index in [2.05, 4.69) is 15.5 Å². The molecule has 7 heteroatoms. The number of carbonyl (C=O) groups is 1. The highest BCUT2D eigenvalue weighted by Gasteiger charge is 2.15. The second-order valence-electron chi connectivity index (χ2n) is 6.61. The fourth-order valence-corrected chi connectivity index (χ4v) is 2.70. The molecule has 2 aromatic carbocycles. The minimum atomic E-state index is -0.192. The first kappa shape index (κ1) is 19.4. The highest BCUT2D eigenvalue weighted by atomic mass is 16.5. The molecule has 1 N–H and O–H groups in total. The summed E-state index contributed by atoms with van der Waals surface area (Å²) in [6.45, 7) is 5.68. The Hall–Kier alpha value is -3.35. The van der Waals surface area contributed by atoms with Gasteiger partial charge in [-0.15, -0.1) is 0 Å². The number of hydrogen-bond donors (Lipinski definition) is 1. The van der Waals surface area contributed by atoms with Crippen molar-refractivity contribution in [1.29, 1.82) is 0 Å². The van der Waals surface area contributed by atoms with Crippen LogP contribution in [-0.4, -0.2) is 35.8 Å². The second-order valence-corrected chi connectivity index (χ2v) is 6.61. The Bertz CT molecular complexity index is 966. The maximum atomic E-state index is 11.8. The third-order valence-corrected chi connectivity index (χ3v) is 4.03. The maximum Gasteiger partial charge on any atom is 0.258 e. The predicted octanol–water partition coefficient (Wildman–Crippen LogP) is 3.62. The van der Waals surface area contributed by atoms with E-state index in [4.69, 9.17) is 14.0 Å². The van der Waals surface area contributed by atoms with Gasteiger partial charge in [0.15, 0.2) is 18.1 Å². The Kier molecular flexibility index (Phi) is 5.93. The molecular formula is C21H23N3O4. The maximum absolute atomic E-state index is 11.8. The van der Waals surface area contributed by atoms with Crippen molar-refractivity contribution >= 4 is 5.91 Å². The van der Waals surface area contributed by atoms with Crippen LogP contribution in [0.5, 0.6) is 11.5 Å². The molecule has 1 aromatic heterocycles. The minimum absolute atomic E-state index is 0.0565. The SMILES string of the molecule is COc1cc(-c2noc(-c3ccccc3C)n2)ccc1OCC(=O)NC(C)C. The molecule has 28 heavy (non-hydrogen) atoms. The van der Waals surface area contributed by atoms with E-state index in [-0.39, 0.29) is 18.6 Å². The van der Waals surface area contributed by atoms with Gasteiger partial charge in [0.1, 0.15) is 0 Å². The number of aryl methyl sites for hydroxylation is 1. The molecule has 1 amide bonds. The van der Waals surface area contributed by atoms with Crippen molar-refractivity contribution < 1.29 is 18.8 Å². The first-order valence-electron chi connectivity index (χ1n) is 8.98. The topological polar surface area (TPSA) is 86.5 Å². The summed E-state index contributed by atoms with van der Waals surface area (Å²) in [6.07, 6.45) is 0. The van der Waals surface area contributed by atoms with Crippen LogP contribution in [0.25, 0.3) is 22.8 Å². The molecule has 0 saturated heterocycles. The highest BCUT2D eigenvalue weighted by molar-refractivity contribution is 5.78. The van der Waals surface area contributed by atoms with Crippen LogP contribution in [0.15, 0.2) is 47.0 Å². The van der Waals surface area contributed by atoms with Gasteiger partial charge in [-0.2, -0.15) is 4.98 Å². The van der Waals surface area contributed by atoms with Crippen LogP contribution in [0.4, 0.5) is 0 Å². The fraction of sp³-hybridized carbons (Fsp3) is 0.286. The number of nitrogens with zero attached hydrogens (tertiary/aromatic N) is 2. The summed E-state index contributed by atoms with van der Waals surface area (Å²) in [7, 11) is 1.54. The molecule has 0 fully saturated rings. The van der Waals surface area contributed by atoms with E-state index in [1.807, 2.05) is 45.0 Å². The number of nitrogens with one attached hydrogen (secondary N) is 1. The molecular weight excluding hydrogens is 358 g/mol. The summed E-state index contributed by atoms with van der Waals surface area (Å²) in [4.78, 5) is 16.3. The summed E-state index contributed by atoms with van der Waals surface area (Å²) in [6, 6.07) is 13.1. The standard InChI is InChI=1S/C21H23N3O4/c1-13(2)22-19(25)12-27-17-10-9-15(11-18(17)26-4)20-23-21(28-24-20)16-8-6-5-7-14(16)3/h5-11,13H,12H2,1-4H3,(H,22,25). The van der Waals surface area contributed by atoms with Gasteiger partial charge in [0.2, 0.25) is 5.82 Å². The van der Waals surface area contributed by atoms with Gasteiger partial charge in [-0.25, -0.2) is 0 Å². The van der Waals surface area contributed by atoms with Crippen molar-refractivity contribution in [2.24, 2.45) is 0 Å². The van der Waals surface area contributed by atoms with E-state index in [1.165, 1.54) is 7.11 Å². The first-order valence-corrected chi connectivity index (χ1v) is 8.98. The van der Waals surface area contributed by atoms with Crippen molar-refractivity contribution in [2.75, 3.05) is 13.7 Å². The van der Waals surface area contributed by atoms with Gasteiger partial charge in [0.25, 0.3) is 11.8 Å². The Morgan fingerprint density at radius 3 is 2.68 bits per heavy atom. The van der Waals surface area contributed by atoms with Gasteiger partial charge in [0.05, 0.1) is 7.11 Å². The smallest absolute Gasteiger partial charge is 0.258 e. The molecule has 0 aliphatic heterocycles. The molecule has 0 spiro atoms. The van der Waals surface area contributed by atoms with Crippen LogP contribution in [0, 0.1) is 6.92 Å². The predicted molar refractivity (Wildman–Crippen MR) is 105 cm³/mol. The zero-order valence-electron chi connectivity index (χ0n) is 16.4. The van der Waals surface area contributed by atoms with Crippen molar-refractivity contribution in [3.05, 3.63) is 48.0 Å². The lowest BCUT2D eigenvalue weighted by molar-refractivity contribution is -0.123. The Labute approximate surface area is 163 Å². The Morgan fingerprint density at radius 1 is 1.18 bits per heavy atom. The summed E-state index contributed by atoms with van der Waals surface area (Å²) in [5, 5.41) is 6.84. The summed E-state index contributed by atoms with van der Waals surface area (Å²) in [5.41, 5.74) is 2.67. The number of aromatic nitrogens is 2. The molecule has 0 atom stereocenters. The fourth-order valence-electron chi connectivity index (χ4n) is 2.70. The van der Waals surface area contributed by atoms with Gasteiger partial charge in [-0.05, 0) is 50.6 Å². The minimum Gasteiger partial charge on any atom is -0.493 e. The first-order chi connectivity index (χ1) is 13.5. The largest absolute Gasteiger partial charge is 0.493 e. The van der Waals surface area contributed by atoms with E-state index in [0.29, 0.717) is 23.2 Å². The highest BCUT2D eigenvalue weighted by Crippen LogP contribution is 2.32. The molecule has 7 nitrogen and oxygen atoms in total. The number of amides is 1. The number of hydrogen-bond acceptors (Lipinski definition) is 6. The Morgan fingerprint density at radius 2 is 1.96 bits per heavy atom. The summed E-state index contributed by atoms with van der Waals surface area (Å²) in [5.74, 6) is 1.66. The third-order valence-electron chi connectivity index (χ3n) is 4.03. The van der Waals surface area contributed by atoms with Crippen molar-refractivity contribution in [1.82, 2.24) is 15.5 Å². The van der Waals surface area contributed by atoms with Crippen LogP contribution in [0.3, 0.4) is 0 Å². The van der Waals surface area contributed by atoms with Crippen LogP contribution >= 0.6 is 0 Å². The van der Waals surface area contributed by atoms with E-state index in [0.717, 1.165) is 16.7 Å². The van der Waals surface area contributed by atoms with Gasteiger partial charge < -0.3 is 19.3 Å². The van der Waals surface area contributed by atoms with E-state index in [9.17, 15) is 4.79 Å². The van der Waals surface area contributed by atoms with Crippen molar-refractivity contribution in [3.63, 3.8) is 0 Å². The van der Waals surface area contributed by atoms with Crippen molar-refractivity contribution in [2.45, 2.75) is 26.8 Å². The zero-order chi connectivity index (χ0) is 20.1. The van der Waals surface area contributed by atoms with Gasteiger partial charge in [0, 0.05) is 17.2 Å². The van der Waals surface area contributed by atoms with E-state index in [1.54, 1.807) is 18.2 Å². The number of methoxy groups -OCH3 is 1.